The molecule has 0 spiro atoms. The van der Waals surface area contributed by atoms with Gasteiger partial charge in [-0.05, 0) is 36.4 Å². The first-order chi connectivity index (χ1) is 12.8. The lowest BCUT2D eigenvalue weighted by Gasteiger charge is -2.19. The molecule has 0 radical (unpaired) electrons. The molecule has 0 saturated carbocycles. The van der Waals surface area contributed by atoms with Crippen LogP contribution in [0.2, 0.25) is 5.02 Å². The Hall–Kier alpha value is -2.29. The molecule has 0 aliphatic carbocycles. The van der Waals surface area contributed by atoms with Gasteiger partial charge >= 0.3 is 0 Å². The second kappa shape index (κ2) is 7.75. The number of nitrogens with one attached hydrogen (secondary N) is 1. The largest absolute Gasteiger partial charge is 0.493 e. The maximum atomic E-state index is 12.5. The van der Waals surface area contributed by atoms with Crippen LogP contribution in [0.4, 0.5) is 5.69 Å². The first-order valence-electron chi connectivity index (χ1n) is 8.14. The van der Waals surface area contributed by atoms with Crippen molar-refractivity contribution in [1.82, 2.24) is 4.72 Å². The fourth-order valence-electron chi connectivity index (χ4n) is 2.93. The molecule has 1 atom stereocenters. The van der Waals surface area contributed by atoms with Crippen LogP contribution in [0, 0.1) is 0 Å². The highest BCUT2D eigenvalue weighted by atomic mass is 35.5. The Labute approximate surface area is 162 Å². The maximum absolute atomic E-state index is 12.5. The average Bonchev–Trinajstić information content (AvgIpc) is 3.00. The second-order valence-corrected chi connectivity index (χ2v) is 8.17. The van der Waals surface area contributed by atoms with E-state index in [9.17, 15) is 13.2 Å². The molecule has 1 amide bonds. The Bertz CT molecular complexity index is 947. The van der Waals surface area contributed by atoms with E-state index >= 15 is 0 Å². The molecule has 1 N–H and O–H groups in total. The Morgan fingerprint density at radius 1 is 1.07 bits per heavy atom. The zero-order chi connectivity index (χ0) is 19.6. The third kappa shape index (κ3) is 4.18. The van der Waals surface area contributed by atoms with E-state index in [0.717, 1.165) is 0 Å². The number of carbonyl (C=O) groups excluding carboxylic acids is 1. The minimum Gasteiger partial charge on any atom is -0.493 e. The second-order valence-electron chi connectivity index (χ2n) is 6.02. The molecule has 1 unspecified atom stereocenters. The molecule has 3 rings (SSSR count). The quantitative estimate of drug-likeness (QED) is 0.790. The lowest BCUT2D eigenvalue weighted by Crippen LogP contribution is -2.37. The van der Waals surface area contributed by atoms with Gasteiger partial charge in [-0.2, -0.15) is 0 Å². The summed E-state index contributed by atoms with van der Waals surface area (Å²) < 4.78 is 38.1. The van der Waals surface area contributed by atoms with Crippen LogP contribution in [-0.4, -0.2) is 41.1 Å². The number of halogens is 1. The summed E-state index contributed by atoms with van der Waals surface area (Å²) in [6.07, 6.45) is 0.0706. The smallest absolute Gasteiger partial charge is 0.240 e. The third-order valence-electron chi connectivity index (χ3n) is 4.25. The van der Waals surface area contributed by atoms with E-state index in [1.54, 1.807) is 18.2 Å². The molecule has 1 heterocycles. The van der Waals surface area contributed by atoms with Crippen molar-refractivity contribution in [2.24, 2.45) is 0 Å². The normalized spacial score (nSPS) is 17.2. The van der Waals surface area contributed by atoms with Crippen LogP contribution in [-0.2, 0) is 14.8 Å². The van der Waals surface area contributed by atoms with E-state index in [-0.39, 0.29) is 23.8 Å². The van der Waals surface area contributed by atoms with E-state index in [0.29, 0.717) is 22.2 Å². The molecule has 144 valence electrons. The monoisotopic (exact) mass is 410 g/mol. The van der Waals surface area contributed by atoms with E-state index in [2.05, 4.69) is 4.72 Å². The summed E-state index contributed by atoms with van der Waals surface area (Å²) in [7, 11) is -0.707. The maximum Gasteiger partial charge on any atom is 0.240 e. The van der Waals surface area contributed by atoms with Gasteiger partial charge in [0.25, 0.3) is 0 Å². The van der Waals surface area contributed by atoms with Crippen molar-refractivity contribution in [1.29, 1.82) is 0 Å². The summed E-state index contributed by atoms with van der Waals surface area (Å²) in [6, 6.07) is 10.4. The molecule has 7 nitrogen and oxygen atoms in total. The van der Waals surface area contributed by atoms with Gasteiger partial charge in [0, 0.05) is 35.8 Å². The zero-order valence-corrected chi connectivity index (χ0v) is 16.4. The standard InChI is InChI=1S/C18H19ClN2O5S/c1-25-16-8-5-14(10-17(16)26-2)21-11-13(9-18(21)22)20-27(23,24)15-6-3-12(19)4-7-15/h3-8,10,13,20H,9,11H2,1-2H3. The highest BCUT2D eigenvalue weighted by Gasteiger charge is 2.34. The van der Waals surface area contributed by atoms with Crippen molar-refractivity contribution in [3.8, 4) is 11.5 Å². The number of rotatable bonds is 6. The highest BCUT2D eigenvalue weighted by Crippen LogP contribution is 2.33. The number of benzene rings is 2. The van der Waals surface area contributed by atoms with E-state index < -0.39 is 16.1 Å². The summed E-state index contributed by atoms with van der Waals surface area (Å²) in [5, 5.41) is 0.449. The van der Waals surface area contributed by atoms with Crippen LogP contribution in [0.15, 0.2) is 47.4 Å². The van der Waals surface area contributed by atoms with Crippen molar-refractivity contribution >= 4 is 33.2 Å². The van der Waals surface area contributed by atoms with Gasteiger partial charge < -0.3 is 14.4 Å². The van der Waals surface area contributed by atoms with Gasteiger partial charge in [0.05, 0.1) is 19.1 Å². The summed E-state index contributed by atoms with van der Waals surface area (Å²) in [6.45, 7) is 0.223. The molecule has 1 saturated heterocycles. The molecule has 1 aliphatic rings. The highest BCUT2D eigenvalue weighted by molar-refractivity contribution is 7.89. The minimum absolute atomic E-state index is 0.0706. The molecule has 1 fully saturated rings. The molecule has 0 bridgehead atoms. The SMILES string of the molecule is COc1ccc(N2CC(NS(=O)(=O)c3ccc(Cl)cc3)CC2=O)cc1OC. The number of nitrogens with zero attached hydrogens (tertiary/aromatic N) is 1. The minimum atomic E-state index is -3.75. The molecular formula is C18H19ClN2O5S. The number of hydrogen-bond acceptors (Lipinski definition) is 5. The van der Waals surface area contributed by atoms with E-state index in [4.69, 9.17) is 21.1 Å². The van der Waals surface area contributed by atoms with Gasteiger partial charge in [-0.1, -0.05) is 11.6 Å². The van der Waals surface area contributed by atoms with Gasteiger partial charge in [-0.3, -0.25) is 4.79 Å². The van der Waals surface area contributed by atoms with Gasteiger partial charge in [0.15, 0.2) is 11.5 Å². The number of ether oxygens (including phenoxy) is 2. The Morgan fingerprint density at radius 2 is 1.74 bits per heavy atom. The average molecular weight is 411 g/mol. The van der Waals surface area contributed by atoms with E-state index in [1.165, 1.54) is 43.4 Å². The molecule has 27 heavy (non-hydrogen) atoms. The number of carbonyl (C=O) groups is 1. The lowest BCUT2D eigenvalue weighted by atomic mass is 10.2. The zero-order valence-electron chi connectivity index (χ0n) is 14.8. The van der Waals surface area contributed by atoms with Crippen molar-refractivity contribution in [2.75, 3.05) is 25.7 Å². The Kier molecular flexibility index (Phi) is 5.59. The van der Waals surface area contributed by atoms with Crippen molar-refractivity contribution in [3.63, 3.8) is 0 Å². The van der Waals surface area contributed by atoms with Crippen LogP contribution in [0.1, 0.15) is 6.42 Å². The predicted octanol–water partition coefficient (Wildman–Crippen LogP) is 2.44. The Balaban J connectivity index is 1.76. The Morgan fingerprint density at radius 3 is 2.37 bits per heavy atom. The number of amides is 1. The molecule has 1 aliphatic heterocycles. The number of hydrogen-bond donors (Lipinski definition) is 1. The van der Waals surface area contributed by atoms with Gasteiger partial charge in [0.1, 0.15) is 0 Å². The number of anilines is 1. The number of methoxy groups -OCH3 is 2. The topological polar surface area (TPSA) is 84.9 Å². The first kappa shape index (κ1) is 19.5. The molecule has 0 aromatic heterocycles. The predicted molar refractivity (Wildman–Crippen MR) is 102 cm³/mol. The third-order valence-corrected chi connectivity index (χ3v) is 6.04. The van der Waals surface area contributed by atoms with Crippen LogP contribution in [0.3, 0.4) is 0 Å². The van der Waals surface area contributed by atoms with Crippen LogP contribution < -0.4 is 19.1 Å². The van der Waals surface area contributed by atoms with Crippen LogP contribution in [0.25, 0.3) is 0 Å². The van der Waals surface area contributed by atoms with E-state index in [1.807, 2.05) is 0 Å². The van der Waals surface area contributed by atoms with Crippen molar-refractivity contribution < 1.29 is 22.7 Å². The molecule has 2 aromatic rings. The van der Waals surface area contributed by atoms with Gasteiger partial charge in [-0.25, -0.2) is 13.1 Å². The fourth-order valence-corrected chi connectivity index (χ4v) is 4.28. The fraction of sp³-hybridized carbons (Fsp3) is 0.278. The van der Waals surface area contributed by atoms with Crippen LogP contribution in [0.5, 0.6) is 11.5 Å². The van der Waals surface area contributed by atoms with Gasteiger partial charge in [0.2, 0.25) is 15.9 Å². The summed E-state index contributed by atoms with van der Waals surface area (Å²) in [4.78, 5) is 14.0. The van der Waals surface area contributed by atoms with Crippen molar-refractivity contribution in [3.05, 3.63) is 47.5 Å². The molecular weight excluding hydrogens is 392 g/mol. The molecule has 9 heteroatoms. The summed E-state index contributed by atoms with van der Waals surface area (Å²) >= 11 is 5.80. The lowest BCUT2D eigenvalue weighted by molar-refractivity contribution is -0.117. The summed E-state index contributed by atoms with van der Waals surface area (Å²) in [5.74, 6) is 0.868. The molecule has 2 aromatic carbocycles. The van der Waals surface area contributed by atoms with Crippen LogP contribution >= 0.6 is 11.6 Å². The summed E-state index contributed by atoms with van der Waals surface area (Å²) in [5.41, 5.74) is 0.617. The van der Waals surface area contributed by atoms with Gasteiger partial charge in [-0.15, -0.1) is 0 Å². The van der Waals surface area contributed by atoms with Crippen molar-refractivity contribution in [2.45, 2.75) is 17.4 Å². The first-order valence-corrected chi connectivity index (χ1v) is 10.0. The number of sulfonamides is 1.